The van der Waals surface area contributed by atoms with E-state index >= 15 is 0 Å². The number of aryl methyl sites for hydroxylation is 1. The molecular weight excluding hydrogens is 377 g/mol. The fraction of sp³-hybridized carbons (Fsp3) is 0.263. The van der Waals surface area contributed by atoms with Gasteiger partial charge in [0.2, 0.25) is 11.8 Å². The number of nitrogens with one attached hydrogen (secondary N) is 2. The van der Waals surface area contributed by atoms with E-state index in [1.807, 2.05) is 19.1 Å². The topological polar surface area (TPSA) is 58.2 Å². The Morgan fingerprint density at radius 3 is 2.52 bits per heavy atom. The average Bonchev–Trinajstić information content (AvgIpc) is 2.61. The first kappa shape index (κ1) is 19.3. The molecular formula is C19H17F3N2O2S. The third-order valence-corrected chi connectivity index (χ3v) is 5.42. The zero-order valence-corrected chi connectivity index (χ0v) is 15.2. The second-order valence-electron chi connectivity index (χ2n) is 6.11. The van der Waals surface area contributed by atoms with Gasteiger partial charge in [0.05, 0.1) is 16.5 Å². The molecule has 27 heavy (non-hydrogen) atoms. The van der Waals surface area contributed by atoms with Crippen LogP contribution in [0.3, 0.4) is 0 Å². The van der Waals surface area contributed by atoms with Crippen LogP contribution in [0, 0.1) is 0 Å². The van der Waals surface area contributed by atoms with E-state index in [-0.39, 0.29) is 18.0 Å². The van der Waals surface area contributed by atoms with Crippen LogP contribution < -0.4 is 10.6 Å². The quantitative estimate of drug-likeness (QED) is 0.790. The van der Waals surface area contributed by atoms with Crippen molar-refractivity contribution < 1.29 is 22.8 Å². The number of alkyl halides is 3. The van der Waals surface area contributed by atoms with Gasteiger partial charge < -0.3 is 10.6 Å². The molecule has 0 bridgehead atoms. The first-order valence-electron chi connectivity index (χ1n) is 8.34. The molecule has 2 aromatic rings. The Kier molecular flexibility index (Phi) is 5.46. The maximum atomic E-state index is 12.8. The molecule has 1 heterocycles. The number of thioether (sulfide) groups is 1. The number of fused-ring (bicyclic) bond motifs is 1. The van der Waals surface area contributed by atoms with Gasteiger partial charge in [-0.3, -0.25) is 9.59 Å². The number of halogens is 3. The summed E-state index contributed by atoms with van der Waals surface area (Å²) >= 11 is 1.09. The normalized spacial score (nSPS) is 16.4. The minimum absolute atomic E-state index is 0.0769. The zero-order valence-electron chi connectivity index (χ0n) is 14.4. The number of benzene rings is 2. The number of rotatable bonds is 4. The number of anilines is 2. The summed E-state index contributed by atoms with van der Waals surface area (Å²) in [6, 6.07) is 10.6. The maximum Gasteiger partial charge on any atom is 0.416 e. The largest absolute Gasteiger partial charge is 0.416 e. The minimum atomic E-state index is -4.48. The maximum absolute atomic E-state index is 12.8. The molecule has 2 amide bonds. The van der Waals surface area contributed by atoms with E-state index < -0.39 is 22.9 Å². The SMILES string of the molecule is CCc1ccc(NC(=O)CC2Sc3ccc(C(F)(F)F)cc3NC2=O)cc1. The van der Waals surface area contributed by atoms with Gasteiger partial charge in [-0.15, -0.1) is 11.8 Å². The Hall–Kier alpha value is -2.48. The molecule has 0 aliphatic carbocycles. The van der Waals surface area contributed by atoms with Gasteiger partial charge in [0, 0.05) is 17.0 Å². The Bertz CT molecular complexity index is 866. The van der Waals surface area contributed by atoms with E-state index in [1.165, 1.54) is 6.07 Å². The summed E-state index contributed by atoms with van der Waals surface area (Å²) in [4.78, 5) is 24.9. The van der Waals surface area contributed by atoms with Crippen molar-refractivity contribution in [3.05, 3.63) is 53.6 Å². The van der Waals surface area contributed by atoms with Crippen LogP contribution in [-0.4, -0.2) is 17.1 Å². The molecule has 2 N–H and O–H groups in total. The summed E-state index contributed by atoms with van der Waals surface area (Å²) in [7, 11) is 0. The summed E-state index contributed by atoms with van der Waals surface area (Å²) in [6.07, 6.45) is -3.66. The molecule has 0 fully saturated rings. The molecule has 0 radical (unpaired) electrons. The molecule has 3 rings (SSSR count). The van der Waals surface area contributed by atoms with Crippen LogP contribution in [0.1, 0.15) is 24.5 Å². The number of hydrogen-bond donors (Lipinski definition) is 2. The molecule has 0 aromatic heterocycles. The van der Waals surface area contributed by atoms with Crippen molar-refractivity contribution in [3.8, 4) is 0 Å². The highest BCUT2D eigenvalue weighted by molar-refractivity contribution is 8.01. The Balaban J connectivity index is 1.66. The molecule has 2 aromatic carbocycles. The van der Waals surface area contributed by atoms with Crippen LogP contribution in [0.25, 0.3) is 0 Å². The molecule has 1 aliphatic rings. The Morgan fingerprint density at radius 1 is 1.19 bits per heavy atom. The monoisotopic (exact) mass is 394 g/mol. The Morgan fingerprint density at radius 2 is 1.89 bits per heavy atom. The standard InChI is InChI=1S/C19H17F3N2O2S/c1-2-11-3-6-13(7-4-11)23-17(25)10-16-18(26)24-14-9-12(19(20,21)22)5-8-15(14)27-16/h3-9,16H,2,10H2,1H3,(H,23,25)(H,24,26). The molecule has 8 heteroatoms. The van der Waals surface area contributed by atoms with Crippen molar-refractivity contribution in [2.24, 2.45) is 0 Å². The number of hydrogen-bond acceptors (Lipinski definition) is 3. The summed E-state index contributed by atoms with van der Waals surface area (Å²) in [5, 5.41) is 4.50. The molecule has 1 unspecified atom stereocenters. The molecule has 0 spiro atoms. The van der Waals surface area contributed by atoms with E-state index in [2.05, 4.69) is 10.6 Å². The van der Waals surface area contributed by atoms with Gasteiger partial charge in [-0.05, 0) is 42.3 Å². The molecule has 0 saturated heterocycles. The molecule has 1 atom stereocenters. The number of carbonyl (C=O) groups excluding carboxylic acids is 2. The third-order valence-electron chi connectivity index (χ3n) is 4.14. The minimum Gasteiger partial charge on any atom is -0.326 e. The van der Waals surface area contributed by atoms with Crippen LogP contribution in [0.5, 0.6) is 0 Å². The summed E-state index contributed by atoms with van der Waals surface area (Å²) in [6.45, 7) is 2.03. The molecule has 0 saturated carbocycles. The molecule has 1 aliphatic heterocycles. The highest BCUT2D eigenvalue weighted by Gasteiger charge is 2.34. The van der Waals surface area contributed by atoms with Crippen LogP contribution in [-0.2, 0) is 22.2 Å². The second-order valence-corrected chi connectivity index (χ2v) is 7.35. The van der Waals surface area contributed by atoms with Crippen molar-refractivity contribution in [1.29, 1.82) is 0 Å². The lowest BCUT2D eigenvalue weighted by Crippen LogP contribution is -2.32. The van der Waals surface area contributed by atoms with Crippen molar-refractivity contribution in [3.63, 3.8) is 0 Å². The number of carbonyl (C=O) groups is 2. The third kappa shape index (κ3) is 4.63. The summed E-state index contributed by atoms with van der Waals surface area (Å²) < 4.78 is 38.4. The van der Waals surface area contributed by atoms with Crippen molar-refractivity contribution >= 4 is 35.0 Å². The number of amides is 2. The smallest absolute Gasteiger partial charge is 0.326 e. The lowest BCUT2D eigenvalue weighted by molar-refractivity contribution is -0.137. The first-order valence-corrected chi connectivity index (χ1v) is 9.22. The van der Waals surface area contributed by atoms with E-state index in [9.17, 15) is 22.8 Å². The molecule has 142 valence electrons. The van der Waals surface area contributed by atoms with Gasteiger partial charge in [-0.1, -0.05) is 19.1 Å². The van der Waals surface area contributed by atoms with Gasteiger partial charge in [0.25, 0.3) is 0 Å². The van der Waals surface area contributed by atoms with Crippen molar-refractivity contribution in [2.45, 2.75) is 36.1 Å². The van der Waals surface area contributed by atoms with Crippen molar-refractivity contribution in [1.82, 2.24) is 0 Å². The zero-order chi connectivity index (χ0) is 19.6. The van der Waals surface area contributed by atoms with Crippen LogP contribution in [0.15, 0.2) is 47.4 Å². The second kappa shape index (κ2) is 7.64. The van der Waals surface area contributed by atoms with Crippen LogP contribution in [0.2, 0.25) is 0 Å². The Labute approximate surface area is 158 Å². The van der Waals surface area contributed by atoms with E-state index in [0.717, 1.165) is 35.9 Å². The molecule has 4 nitrogen and oxygen atoms in total. The van der Waals surface area contributed by atoms with Crippen LogP contribution in [0.4, 0.5) is 24.5 Å². The highest BCUT2D eigenvalue weighted by Crippen LogP contribution is 2.40. The van der Waals surface area contributed by atoms with Gasteiger partial charge in [0.15, 0.2) is 0 Å². The summed E-state index contributed by atoms with van der Waals surface area (Å²) in [5.41, 5.74) is 1.07. The van der Waals surface area contributed by atoms with Gasteiger partial charge >= 0.3 is 6.18 Å². The highest BCUT2D eigenvalue weighted by atomic mass is 32.2. The average molecular weight is 394 g/mol. The van der Waals surface area contributed by atoms with Gasteiger partial charge in [-0.25, -0.2) is 0 Å². The van der Waals surface area contributed by atoms with Gasteiger partial charge in [-0.2, -0.15) is 13.2 Å². The fourth-order valence-electron chi connectivity index (χ4n) is 2.67. The van der Waals surface area contributed by atoms with E-state index in [4.69, 9.17) is 0 Å². The predicted octanol–water partition coefficient (Wildman–Crippen LogP) is 4.71. The lowest BCUT2D eigenvalue weighted by atomic mass is 10.1. The lowest BCUT2D eigenvalue weighted by Gasteiger charge is -2.24. The van der Waals surface area contributed by atoms with E-state index in [0.29, 0.717) is 10.6 Å². The van der Waals surface area contributed by atoms with E-state index in [1.54, 1.807) is 12.1 Å². The summed E-state index contributed by atoms with van der Waals surface area (Å²) in [5.74, 6) is -0.814. The van der Waals surface area contributed by atoms with Gasteiger partial charge in [0.1, 0.15) is 0 Å². The van der Waals surface area contributed by atoms with Crippen LogP contribution >= 0.6 is 11.8 Å². The fourth-order valence-corrected chi connectivity index (χ4v) is 3.76. The first-order chi connectivity index (χ1) is 12.8. The van der Waals surface area contributed by atoms with Crippen molar-refractivity contribution in [2.75, 3.05) is 10.6 Å². The predicted molar refractivity (Wildman–Crippen MR) is 98.8 cm³/mol.